The minimum Gasteiger partial charge on any atom is -0.367 e. The SMILES string of the molecule is CC1CCN(CCNc2ccc3nnc(C(C)(C)C)n3n2)CC1. The van der Waals surface area contributed by atoms with Crippen molar-refractivity contribution in [3.05, 3.63) is 18.0 Å². The number of rotatable bonds is 4. The summed E-state index contributed by atoms with van der Waals surface area (Å²) in [5.41, 5.74) is 0.723. The summed E-state index contributed by atoms with van der Waals surface area (Å²) < 4.78 is 1.85. The second kappa shape index (κ2) is 6.43. The standard InChI is InChI=1S/C17H28N6/c1-13-7-10-22(11-8-13)12-9-18-14-5-6-15-19-20-16(17(2,3)4)23(15)21-14/h5-6,13H,7-12H2,1-4H3,(H,18,21). The van der Waals surface area contributed by atoms with Crippen molar-refractivity contribution in [1.82, 2.24) is 24.7 Å². The molecule has 0 aliphatic carbocycles. The quantitative estimate of drug-likeness (QED) is 0.939. The third-order valence-corrected chi connectivity index (χ3v) is 4.54. The molecule has 0 spiro atoms. The molecule has 0 radical (unpaired) electrons. The van der Waals surface area contributed by atoms with Gasteiger partial charge < -0.3 is 10.2 Å². The van der Waals surface area contributed by atoms with Gasteiger partial charge in [-0.1, -0.05) is 27.7 Å². The number of hydrogen-bond acceptors (Lipinski definition) is 5. The number of aromatic nitrogens is 4. The largest absolute Gasteiger partial charge is 0.367 e. The topological polar surface area (TPSA) is 58.3 Å². The van der Waals surface area contributed by atoms with Gasteiger partial charge in [-0.05, 0) is 44.0 Å². The molecule has 0 unspecified atom stereocenters. The Bertz CT molecular complexity index is 649. The first-order chi connectivity index (χ1) is 10.9. The second-order valence-electron chi connectivity index (χ2n) is 7.71. The summed E-state index contributed by atoms with van der Waals surface area (Å²) in [6, 6.07) is 3.95. The average molecular weight is 316 g/mol. The average Bonchev–Trinajstić information content (AvgIpc) is 2.92. The molecule has 1 aliphatic heterocycles. The maximum Gasteiger partial charge on any atom is 0.178 e. The number of fused-ring (bicyclic) bond motifs is 1. The lowest BCUT2D eigenvalue weighted by atomic mass is 9.96. The molecule has 6 heteroatoms. The van der Waals surface area contributed by atoms with Gasteiger partial charge in [-0.2, -0.15) is 4.52 Å². The van der Waals surface area contributed by atoms with Crippen molar-refractivity contribution in [2.45, 2.75) is 46.0 Å². The van der Waals surface area contributed by atoms with Crippen LogP contribution in [0.1, 0.15) is 46.4 Å². The smallest absolute Gasteiger partial charge is 0.178 e. The molecule has 1 aliphatic rings. The number of hydrogen-bond donors (Lipinski definition) is 1. The molecule has 1 fully saturated rings. The van der Waals surface area contributed by atoms with Gasteiger partial charge in [0, 0.05) is 18.5 Å². The molecule has 1 saturated heterocycles. The highest BCUT2D eigenvalue weighted by Gasteiger charge is 2.22. The Morgan fingerprint density at radius 2 is 1.91 bits per heavy atom. The van der Waals surface area contributed by atoms with Gasteiger partial charge in [-0.25, -0.2) is 0 Å². The van der Waals surface area contributed by atoms with Crippen molar-refractivity contribution >= 4 is 11.5 Å². The van der Waals surface area contributed by atoms with E-state index in [0.717, 1.165) is 36.3 Å². The van der Waals surface area contributed by atoms with Crippen LogP contribution in [0.4, 0.5) is 5.82 Å². The van der Waals surface area contributed by atoms with Gasteiger partial charge in [0.05, 0.1) is 0 Å². The zero-order valence-corrected chi connectivity index (χ0v) is 14.7. The fourth-order valence-corrected chi connectivity index (χ4v) is 2.98. The Morgan fingerprint density at radius 3 is 2.61 bits per heavy atom. The Labute approximate surface area is 138 Å². The fraction of sp³-hybridized carbons (Fsp3) is 0.706. The van der Waals surface area contributed by atoms with Crippen LogP contribution in [-0.2, 0) is 5.41 Å². The molecular weight excluding hydrogens is 288 g/mol. The molecule has 3 heterocycles. The maximum absolute atomic E-state index is 4.66. The molecule has 2 aromatic rings. The van der Waals surface area contributed by atoms with Crippen LogP contribution in [0.5, 0.6) is 0 Å². The molecule has 0 amide bonds. The first-order valence-corrected chi connectivity index (χ1v) is 8.62. The molecule has 3 rings (SSSR count). The van der Waals surface area contributed by atoms with Crippen LogP contribution in [0, 0.1) is 5.92 Å². The van der Waals surface area contributed by atoms with Crippen LogP contribution in [0.2, 0.25) is 0 Å². The van der Waals surface area contributed by atoms with Crippen LogP contribution >= 0.6 is 0 Å². The number of nitrogens with one attached hydrogen (secondary N) is 1. The van der Waals surface area contributed by atoms with Gasteiger partial charge in [0.15, 0.2) is 11.5 Å². The highest BCUT2D eigenvalue weighted by atomic mass is 15.4. The minimum atomic E-state index is -0.0739. The Hall–Kier alpha value is -1.69. The summed E-state index contributed by atoms with van der Waals surface area (Å²) in [4.78, 5) is 2.53. The van der Waals surface area contributed by atoms with Crippen molar-refractivity contribution in [3.63, 3.8) is 0 Å². The van der Waals surface area contributed by atoms with Crippen LogP contribution in [0.25, 0.3) is 5.65 Å². The van der Waals surface area contributed by atoms with E-state index in [2.05, 4.69) is 53.2 Å². The van der Waals surface area contributed by atoms with E-state index in [0.29, 0.717) is 0 Å². The van der Waals surface area contributed by atoms with E-state index in [-0.39, 0.29) is 5.41 Å². The van der Waals surface area contributed by atoms with E-state index >= 15 is 0 Å². The van der Waals surface area contributed by atoms with Crippen LogP contribution in [0.15, 0.2) is 12.1 Å². The predicted molar refractivity (Wildman–Crippen MR) is 92.8 cm³/mol. The van der Waals surface area contributed by atoms with Crippen LogP contribution < -0.4 is 5.32 Å². The van der Waals surface area contributed by atoms with Crippen molar-refractivity contribution in [3.8, 4) is 0 Å². The number of anilines is 1. The van der Waals surface area contributed by atoms with E-state index < -0.39 is 0 Å². The molecule has 0 atom stereocenters. The lowest BCUT2D eigenvalue weighted by molar-refractivity contribution is 0.199. The normalized spacial score (nSPS) is 17.7. The molecule has 23 heavy (non-hydrogen) atoms. The highest BCUT2D eigenvalue weighted by Crippen LogP contribution is 2.20. The summed E-state index contributed by atoms with van der Waals surface area (Å²) in [5.74, 6) is 2.65. The summed E-state index contributed by atoms with van der Waals surface area (Å²) >= 11 is 0. The number of piperidine rings is 1. The molecule has 1 N–H and O–H groups in total. The minimum absolute atomic E-state index is 0.0739. The zero-order valence-electron chi connectivity index (χ0n) is 14.7. The van der Waals surface area contributed by atoms with E-state index in [1.807, 2.05) is 16.6 Å². The molecule has 126 valence electrons. The van der Waals surface area contributed by atoms with Crippen molar-refractivity contribution < 1.29 is 0 Å². The first kappa shape index (κ1) is 16.2. The van der Waals surface area contributed by atoms with Crippen molar-refractivity contribution in [2.24, 2.45) is 5.92 Å². The molecule has 0 aromatic carbocycles. The van der Waals surface area contributed by atoms with E-state index in [9.17, 15) is 0 Å². The predicted octanol–water partition coefficient (Wildman–Crippen LogP) is 2.57. The monoisotopic (exact) mass is 316 g/mol. The summed E-state index contributed by atoms with van der Waals surface area (Å²) in [7, 11) is 0. The van der Waals surface area contributed by atoms with E-state index in [1.165, 1.54) is 25.9 Å². The zero-order chi connectivity index (χ0) is 16.4. The van der Waals surface area contributed by atoms with Gasteiger partial charge >= 0.3 is 0 Å². The lowest BCUT2D eigenvalue weighted by Gasteiger charge is -2.30. The van der Waals surface area contributed by atoms with Gasteiger partial charge in [-0.3, -0.25) is 0 Å². The fourth-order valence-electron chi connectivity index (χ4n) is 2.98. The van der Waals surface area contributed by atoms with Crippen molar-refractivity contribution in [1.29, 1.82) is 0 Å². The second-order valence-corrected chi connectivity index (χ2v) is 7.71. The Morgan fingerprint density at radius 1 is 1.17 bits per heavy atom. The lowest BCUT2D eigenvalue weighted by Crippen LogP contribution is -2.36. The number of nitrogens with zero attached hydrogens (tertiary/aromatic N) is 5. The molecule has 2 aromatic heterocycles. The Kier molecular flexibility index (Phi) is 4.53. The summed E-state index contributed by atoms with van der Waals surface area (Å²) in [5, 5.41) is 16.6. The van der Waals surface area contributed by atoms with Gasteiger partial charge in [-0.15, -0.1) is 15.3 Å². The Balaban J connectivity index is 1.62. The highest BCUT2D eigenvalue weighted by molar-refractivity contribution is 5.44. The first-order valence-electron chi connectivity index (χ1n) is 8.62. The van der Waals surface area contributed by atoms with E-state index in [1.54, 1.807) is 0 Å². The van der Waals surface area contributed by atoms with Crippen molar-refractivity contribution in [2.75, 3.05) is 31.5 Å². The molecule has 6 nitrogen and oxygen atoms in total. The van der Waals surface area contributed by atoms with Gasteiger partial charge in [0.2, 0.25) is 0 Å². The van der Waals surface area contributed by atoms with Gasteiger partial charge in [0.25, 0.3) is 0 Å². The molecular formula is C17H28N6. The maximum atomic E-state index is 4.66. The van der Waals surface area contributed by atoms with Gasteiger partial charge in [0.1, 0.15) is 5.82 Å². The summed E-state index contributed by atoms with van der Waals surface area (Å²) in [6.45, 7) is 13.2. The third kappa shape index (κ3) is 3.80. The van der Waals surface area contributed by atoms with Crippen LogP contribution in [0.3, 0.4) is 0 Å². The van der Waals surface area contributed by atoms with E-state index in [4.69, 9.17) is 0 Å². The molecule has 0 bridgehead atoms. The summed E-state index contributed by atoms with van der Waals surface area (Å²) in [6.07, 6.45) is 2.64. The number of likely N-dealkylation sites (tertiary alicyclic amines) is 1. The third-order valence-electron chi connectivity index (χ3n) is 4.54. The molecule has 0 saturated carbocycles. The van der Waals surface area contributed by atoms with Crippen LogP contribution in [-0.4, -0.2) is 50.9 Å².